The number of halogens is 3. The molecule has 100 valence electrons. The topological polar surface area (TPSA) is 21.3 Å². The largest absolute Gasteiger partial charge is 0.454 e. The van der Waals surface area contributed by atoms with Crippen LogP contribution in [0.25, 0.3) is 0 Å². The second-order valence-electron chi connectivity index (χ2n) is 3.97. The first kappa shape index (κ1) is 13.4. The van der Waals surface area contributed by atoms with E-state index in [2.05, 4.69) is 5.32 Å². The van der Waals surface area contributed by atoms with Crippen LogP contribution >= 0.6 is 0 Å². The van der Waals surface area contributed by atoms with Crippen LogP contribution in [0.3, 0.4) is 0 Å². The number of hydrogen-bond donors (Lipinski definition) is 1. The van der Waals surface area contributed by atoms with E-state index in [1.54, 1.807) is 13.1 Å². The molecule has 19 heavy (non-hydrogen) atoms. The van der Waals surface area contributed by atoms with E-state index >= 15 is 0 Å². The van der Waals surface area contributed by atoms with Gasteiger partial charge in [0.1, 0.15) is 5.75 Å². The van der Waals surface area contributed by atoms with Crippen molar-refractivity contribution in [2.45, 2.75) is 6.54 Å². The second-order valence-corrected chi connectivity index (χ2v) is 3.97. The van der Waals surface area contributed by atoms with E-state index in [1.807, 2.05) is 0 Å². The summed E-state index contributed by atoms with van der Waals surface area (Å²) in [5.74, 6) is -2.57. The molecular formula is C14H12F3NO. The summed E-state index contributed by atoms with van der Waals surface area (Å²) in [6, 6.07) is 7.50. The molecular weight excluding hydrogens is 255 g/mol. The van der Waals surface area contributed by atoms with Gasteiger partial charge in [-0.15, -0.1) is 0 Å². The Balaban J connectivity index is 2.20. The van der Waals surface area contributed by atoms with E-state index in [4.69, 9.17) is 4.74 Å². The summed E-state index contributed by atoms with van der Waals surface area (Å²) in [5.41, 5.74) is 0.762. The molecule has 0 amide bonds. The summed E-state index contributed by atoms with van der Waals surface area (Å²) in [5, 5.41) is 2.90. The predicted molar refractivity (Wildman–Crippen MR) is 65.6 cm³/mol. The van der Waals surface area contributed by atoms with Crippen LogP contribution in [-0.4, -0.2) is 7.05 Å². The molecule has 0 atom stereocenters. The molecule has 0 heterocycles. The van der Waals surface area contributed by atoms with E-state index < -0.39 is 17.5 Å². The summed E-state index contributed by atoms with van der Waals surface area (Å²) >= 11 is 0. The number of nitrogens with one attached hydrogen (secondary N) is 1. The van der Waals surface area contributed by atoms with Crippen LogP contribution in [0.1, 0.15) is 5.56 Å². The van der Waals surface area contributed by atoms with Crippen LogP contribution in [0.4, 0.5) is 13.2 Å². The van der Waals surface area contributed by atoms with Gasteiger partial charge in [0, 0.05) is 12.6 Å². The van der Waals surface area contributed by atoms with Gasteiger partial charge in [0.2, 0.25) is 0 Å². The number of ether oxygens (including phenoxy) is 1. The van der Waals surface area contributed by atoms with Crippen molar-refractivity contribution < 1.29 is 17.9 Å². The van der Waals surface area contributed by atoms with Crippen LogP contribution in [0.2, 0.25) is 0 Å². The fraction of sp³-hybridized carbons (Fsp3) is 0.143. The molecule has 2 aromatic carbocycles. The predicted octanol–water partition coefficient (Wildman–Crippen LogP) is 3.62. The van der Waals surface area contributed by atoms with Crippen molar-refractivity contribution in [3.63, 3.8) is 0 Å². The highest BCUT2D eigenvalue weighted by molar-refractivity contribution is 5.34. The van der Waals surface area contributed by atoms with Crippen LogP contribution < -0.4 is 10.1 Å². The second kappa shape index (κ2) is 5.75. The van der Waals surface area contributed by atoms with E-state index in [9.17, 15) is 13.2 Å². The maximum Gasteiger partial charge on any atom is 0.166 e. The molecule has 2 nitrogen and oxygen atoms in total. The number of hydrogen-bond acceptors (Lipinski definition) is 2. The highest BCUT2D eigenvalue weighted by Crippen LogP contribution is 2.26. The minimum Gasteiger partial charge on any atom is -0.454 e. The standard InChI is InChI=1S/C14H12F3NO/c1-18-8-9-2-5-14(13(17)6-9)19-10-3-4-11(15)12(16)7-10/h2-7,18H,8H2,1H3. The third-order valence-corrected chi connectivity index (χ3v) is 2.50. The third-order valence-electron chi connectivity index (χ3n) is 2.50. The van der Waals surface area contributed by atoms with Crippen molar-refractivity contribution in [3.05, 3.63) is 59.4 Å². The van der Waals surface area contributed by atoms with Gasteiger partial charge in [0.05, 0.1) is 0 Å². The first-order valence-corrected chi connectivity index (χ1v) is 5.66. The Bertz CT molecular complexity index is 587. The average Bonchev–Trinajstić information content (AvgIpc) is 2.37. The van der Waals surface area contributed by atoms with Crippen molar-refractivity contribution in [2.24, 2.45) is 0 Å². The average molecular weight is 267 g/mol. The first-order chi connectivity index (χ1) is 9.10. The molecule has 0 unspecified atom stereocenters. The molecule has 0 aliphatic rings. The molecule has 0 aliphatic heterocycles. The Morgan fingerprint density at radius 3 is 2.37 bits per heavy atom. The van der Waals surface area contributed by atoms with E-state index in [0.717, 1.165) is 17.7 Å². The highest BCUT2D eigenvalue weighted by atomic mass is 19.2. The summed E-state index contributed by atoms with van der Waals surface area (Å²) in [6.45, 7) is 0.530. The molecule has 0 saturated carbocycles. The first-order valence-electron chi connectivity index (χ1n) is 5.66. The van der Waals surface area contributed by atoms with Crippen molar-refractivity contribution in [3.8, 4) is 11.5 Å². The summed E-state index contributed by atoms with van der Waals surface area (Å²) in [4.78, 5) is 0. The van der Waals surface area contributed by atoms with Gasteiger partial charge in [-0.05, 0) is 36.9 Å². The molecule has 0 bridgehead atoms. The van der Waals surface area contributed by atoms with Gasteiger partial charge >= 0.3 is 0 Å². The van der Waals surface area contributed by atoms with Crippen molar-refractivity contribution in [1.29, 1.82) is 0 Å². The lowest BCUT2D eigenvalue weighted by Gasteiger charge is -2.08. The SMILES string of the molecule is CNCc1ccc(Oc2ccc(F)c(F)c2)c(F)c1. The third kappa shape index (κ3) is 3.26. The maximum atomic E-state index is 13.7. The number of rotatable bonds is 4. The molecule has 1 N–H and O–H groups in total. The van der Waals surface area contributed by atoms with E-state index in [-0.39, 0.29) is 11.5 Å². The molecule has 2 rings (SSSR count). The van der Waals surface area contributed by atoms with Gasteiger partial charge in [-0.25, -0.2) is 13.2 Å². The highest BCUT2D eigenvalue weighted by Gasteiger charge is 2.08. The molecule has 0 aromatic heterocycles. The lowest BCUT2D eigenvalue weighted by atomic mass is 10.2. The van der Waals surface area contributed by atoms with Crippen molar-refractivity contribution in [2.75, 3.05) is 7.05 Å². The normalized spacial score (nSPS) is 10.5. The van der Waals surface area contributed by atoms with Gasteiger partial charge in [0.25, 0.3) is 0 Å². The Labute approximate surface area is 108 Å². The Morgan fingerprint density at radius 1 is 0.947 bits per heavy atom. The van der Waals surface area contributed by atoms with Crippen molar-refractivity contribution >= 4 is 0 Å². The van der Waals surface area contributed by atoms with Crippen molar-refractivity contribution in [1.82, 2.24) is 5.32 Å². The zero-order chi connectivity index (χ0) is 13.8. The van der Waals surface area contributed by atoms with Crippen LogP contribution in [0.5, 0.6) is 11.5 Å². The van der Waals surface area contributed by atoms with Gasteiger partial charge < -0.3 is 10.1 Å². The molecule has 0 fully saturated rings. The molecule has 2 aromatic rings. The number of benzene rings is 2. The minimum atomic E-state index is -1.04. The summed E-state index contributed by atoms with van der Waals surface area (Å²) < 4.78 is 44.6. The molecule has 5 heteroatoms. The zero-order valence-electron chi connectivity index (χ0n) is 10.2. The van der Waals surface area contributed by atoms with Crippen LogP contribution in [0.15, 0.2) is 36.4 Å². The fourth-order valence-electron chi connectivity index (χ4n) is 1.61. The molecule has 0 saturated heterocycles. The Morgan fingerprint density at radius 2 is 1.74 bits per heavy atom. The maximum absolute atomic E-state index is 13.7. The van der Waals surface area contributed by atoms with Crippen LogP contribution in [0, 0.1) is 17.5 Å². The molecule has 0 radical (unpaired) electrons. The van der Waals surface area contributed by atoms with Gasteiger partial charge in [-0.1, -0.05) is 6.07 Å². The van der Waals surface area contributed by atoms with Gasteiger partial charge in [-0.2, -0.15) is 0 Å². The van der Waals surface area contributed by atoms with Gasteiger partial charge in [-0.3, -0.25) is 0 Å². The Hall–Kier alpha value is -2.01. The summed E-state index contributed by atoms with van der Waals surface area (Å²) in [6.07, 6.45) is 0. The lowest BCUT2D eigenvalue weighted by Crippen LogP contribution is -2.05. The molecule has 0 aliphatic carbocycles. The quantitative estimate of drug-likeness (QED) is 0.913. The zero-order valence-corrected chi connectivity index (χ0v) is 10.2. The fourth-order valence-corrected chi connectivity index (χ4v) is 1.61. The van der Waals surface area contributed by atoms with E-state index in [1.165, 1.54) is 18.2 Å². The minimum absolute atomic E-state index is 0.0362. The Kier molecular flexibility index (Phi) is 4.06. The van der Waals surface area contributed by atoms with Gasteiger partial charge in [0.15, 0.2) is 23.2 Å². The molecule has 0 spiro atoms. The lowest BCUT2D eigenvalue weighted by molar-refractivity contribution is 0.432. The van der Waals surface area contributed by atoms with Crippen LogP contribution in [-0.2, 0) is 6.54 Å². The van der Waals surface area contributed by atoms with E-state index in [0.29, 0.717) is 6.54 Å². The summed E-state index contributed by atoms with van der Waals surface area (Å²) in [7, 11) is 1.75. The smallest absolute Gasteiger partial charge is 0.166 e. The monoisotopic (exact) mass is 267 g/mol.